The molecule has 1 aliphatic rings. The molecule has 0 spiro atoms. The predicted octanol–water partition coefficient (Wildman–Crippen LogP) is 3.92. The first-order valence-corrected chi connectivity index (χ1v) is 10.1. The van der Waals surface area contributed by atoms with Crippen LogP contribution in [0.2, 0.25) is 5.02 Å². The first kappa shape index (κ1) is 19.0. The first-order chi connectivity index (χ1) is 12.5. The number of rotatable bonds is 6. The van der Waals surface area contributed by atoms with E-state index in [4.69, 9.17) is 16.3 Å². The monoisotopic (exact) mass is 394 g/mol. The summed E-state index contributed by atoms with van der Waals surface area (Å²) in [6.45, 7) is 4.53. The average molecular weight is 395 g/mol. The SMILES string of the molecule is CC1CCCC(C)N1C(=O)CSc1n[nH]c(COc2ccc(Cl)cc2)n1. The van der Waals surface area contributed by atoms with Gasteiger partial charge in [-0.15, -0.1) is 5.10 Å². The number of halogens is 1. The standard InChI is InChI=1S/C18H23ClN4O2S/c1-12-4-3-5-13(2)23(12)17(24)11-26-18-20-16(21-22-18)10-25-15-8-6-14(19)7-9-15/h6-9,12-13H,3-5,10-11H2,1-2H3,(H,20,21,22). The number of amides is 1. The van der Waals surface area contributed by atoms with Crippen molar-refractivity contribution in [3.05, 3.63) is 35.1 Å². The highest BCUT2D eigenvalue weighted by Gasteiger charge is 2.28. The van der Waals surface area contributed by atoms with Crippen molar-refractivity contribution in [2.24, 2.45) is 0 Å². The summed E-state index contributed by atoms with van der Waals surface area (Å²) in [4.78, 5) is 18.9. The topological polar surface area (TPSA) is 71.1 Å². The Labute approximate surface area is 162 Å². The fourth-order valence-corrected chi connectivity index (χ4v) is 4.02. The molecule has 0 bridgehead atoms. The van der Waals surface area contributed by atoms with Crippen molar-refractivity contribution in [1.29, 1.82) is 0 Å². The zero-order valence-electron chi connectivity index (χ0n) is 14.9. The number of nitrogens with one attached hydrogen (secondary N) is 1. The van der Waals surface area contributed by atoms with Crippen LogP contribution in [0.3, 0.4) is 0 Å². The van der Waals surface area contributed by atoms with Gasteiger partial charge in [0.05, 0.1) is 5.75 Å². The molecule has 140 valence electrons. The van der Waals surface area contributed by atoms with Crippen LogP contribution in [0, 0.1) is 0 Å². The van der Waals surface area contributed by atoms with Gasteiger partial charge in [0, 0.05) is 17.1 Å². The second-order valence-corrected chi connectivity index (χ2v) is 7.90. The van der Waals surface area contributed by atoms with Crippen LogP contribution in [0.4, 0.5) is 0 Å². The third-order valence-electron chi connectivity index (χ3n) is 4.51. The van der Waals surface area contributed by atoms with E-state index in [1.54, 1.807) is 24.3 Å². The minimum Gasteiger partial charge on any atom is -0.486 e. The lowest BCUT2D eigenvalue weighted by molar-refractivity contribution is -0.134. The van der Waals surface area contributed by atoms with Gasteiger partial charge in [-0.1, -0.05) is 23.4 Å². The van der Waals surface area contributed by atoms with Crippen molar-refractivity contribution in [1.82, 2.24) is 20.1 Å². The molecule has 0 aliphatic carbocycles. The maximum Gasteiger partial charge on any atom is 0.233 e. The number of thioether (sulfide) groups is 1. The van der Waals surface area contributed by atoms with Gasteiger partial charge in [0.25, 0.3) is 0 Å². The fourth-order valence-electron chi connectivity index (χ4n) is 3.20. The number of aromatic amines is 1. The highest BCUT2D eigenvalue weighted by Crippen LogP contribution is 2.24. The number of hydrogen-bond acceptors (Lipinski definition) is 5. The summed E-state index contributed by atoms with van der Waals surface area (Å²) < 4.78 is 5.63. The summed E-state index contributed by atoms with van der Waals surface area (Å²) in [5, 5.41) is 8.23. The normalized spacial score (nSPS) is 20.2. The Balaban J connectivity index is 1.48. The number of benzene rings is 1. The Kier molecular flexibility index (Phi) is 6.43. The highest BCUT2D eigenvalue weighted by molar-refractivity contribution is 7.99. The largest absolute Gasteiger partial charge is 0.486 e. The van der Waals surface area contributed by atoms with E-state index in [9.17, 15) is 4.79 Å². The number of aromatic nitrogens is 3. The molecule has 3 rings (SSSR count). The summed E-state index contributed by atoms with van der Waals surface area (Å²) >= 11 is 7.20. The molecule has 6 nitrogen and oxygen atoms in total. The van der Waals surface area contributed by atoms with Crippen LogP contribution in [0.15, 0.2) is 29.4 Å². The lowest BCUT2D eigenvalue weighted by Gasteiger charge is -2.39. The first-order valence-electron chi connectivity index (χ1n) is 8.76. The molecule has 1 aromatic carbocycles. The molecule has 2 unspecified atom stereocenters. The summed E-state index contributed by atoms with van der Waals surface area (Å²) in [6, 6.07) is 7.76. The van der Waals surface area contributed by atoms with Crippen molar-refractivity contribution in [2.45, 2.75) is 57.0 Å². The molecule has 1 aliphatic heterocycles. The molecule has 1 N–H and O–H groups in total. The van der Waals surface area contributed by atoms with Crippen molar-refractivity contribution < 1.29 is 9.53 Å². The van der Waals surface area contributed by atoms with Crippen LogP contribution >= 0.6 is 23.4 Å². The molecule has 2 atom stereocenters. The Morgan fingerprint density at radius 2 is 2.00 bits per heavy atom. The van der Waals surface area contributed by atoms with E-state index >= 15 is 0 Å². The number of carbonyl (C=O) groups is 1. The minimum atomic E-state index is 0.151. The van der Waals surface area contributed by atoms with Crippen molar-refractivity contribution in [2.75, 3.05) is 5.75 Å². The second-order valence-electron chi connectivity index (χ2n) is 6.53. The van der Waals surface area contributed by atoms with E-state index in [-0.39, 0.29) is 12.5 Å². The van der Waals surface area contributed by atoms with Gasteiger partial charge in [0.15, 0.2) is 5.82 Å². The number of ether oxygens (including phenoxy) is 1. The third kappa shape index (κ3) is 4.92. The molecule has 2 aromatic rings. The molecule has 0 radical (unpaired) electrons. The van der Waals surface area contributed by atoms with Gasteiger partial charge in [0.1, 0.15) is 12.4 Å². The van der Waals surface area contributed by atoms with Crippen LogP contribution in [0.25, 0.3) is 0 Å². The van der Waals surface area contributed by atoms with E-state index in [1.807, 2.05) is 4.90 Å². The number of H-pyrrole nitrogens is 1. The molecule has 2 heterocycles. The molecule has 8 heteroatoms. The van der Waals surface area contributed by atoms with Gasteiger partial charge in [-0.05, 0) is 57.4 Å². The van der Waals surface area contributed by atoms with Crippen LogP contribution in [-0.2, 0) is 11.4 Å². The zero-order valence-corrected chi connectivity index (χ0v) is 16.5. The Morgan fingerprint density at radius 1 is 1.31 bits per heavy atom. The summed E-state index contributed by atoms with van der Waals surface area (Å²) in [5.74, 6) is 1.83. The van der Waals surface area contributed by atoms with E-state index in [2.05, 4.69) is 29.0 Å². The summed E-state index contributed by atoms with van der Waals surface area (Å²) in [5.41, 5.74) is 0. The van der Waals surface area contributed by atoms with Gasteiger partial charge < -0.3 is 9.64 Å². The van der Waals surface area contributed by atoms with Crippen LogP contribution in [-0.4, -0.2) is 43.8 Å². The van der Waals surface area contributed by atoms with Gasteiger partial charge in [-0.2, -0.15) is 0 Å². The maximum absolute atomic E-state index is 12.5. The molecule has 0 saturated carbocycles. The highest BCUT2D eigenvalue weighted by atomic mass is 35.5. The molecular formula is C18H23ClN4O2S. The Bertz CT molecular complexity index is 727. The van der Waals surface area contributed by atoms with Crippen LogP contribution in [0.5, 0.6) is 5.75 Å². The molecule has 1 fully saturated rings. The second kappa shape index (κ2) is 8.77. The molecule has 1 amide bonds. The van der Waals surface area contributed by atoms with Gasteiger partial charge >= 0.3 is 0 Å². The van der Waals surface area contributed by atoms with Crippen molar-refractivity contribution in [3.8, 4) is 5.75 Å². The summed E-state index contributed by atoms with van der Waals surface area (Å²) in [6.07, 6.45) is 3.35. The number of carbonyl (C=O) groups excluding carboxylic acids is 1. The lowest BCUT2D eigenvalue weighted by Crippen LogP contribution is -2.48. The van der Waals surface area contributed by atoms with Crippen molar-refractivity contribution in [3.63, 3.8) is 0 Å². The Morgan fingerprint density at radius 3 is 2.69 bits per heavy atom. The minimum absolute atomic E-state index is 0.151. The van der Waals surface area contributed by atoms with E-state index in [0.29, 0.717) is 39.6 Å². The Hall–Kier alpha value is -1.73. The van der Waals surface area contributed by atoms with Crippen molar-refractivity contribution >= 4 is 29.3 Å². The summed E-state index contributed by atoms with van der Waals surface area (Å²) in [7, 11) is 0. The van der Waals surface area contributed by atoms with Crippen LogP contribution in [0.1, 0.15) is 38.9 Å². The third-order valence-corrected chi connectivity index (χ3v) is 5.59. The fraction of sp³-hybridized carbons (Fsp3) is 0.500. The van der Waals surface area contributed by atoms with Gasteiger partial charge in [0.2, 0.25) is 11.1 Å². The number of likely N-dealkylation sites (tertiary alicyclic amines) is 1. The predicted molar refractivity (Wildman–Crippen MR) is 103 cm³/mol. The average Bonchev–Trinajstić information content (AvgIpc) is 3.07. The van der Waals surface area contributed by atoms with Gasteiger partial charge in [-0.3, -0.25) is 9.89 Å². The van der Waals surface area contributed by atoms with Crippen LogP contribution < -0.4 is 4.74 Å². The van der Waals surface area contributed by atoms with E-state index in [1.165, 1.54) is 18.2 Å². The quantitative estimate of drug-likeness (QED) is 0.752. The number of hydrogen-bond donors (Lipinski definition) is 1. The zero-order chi connectivity index (χ0) is 18.5. The molecule has 26 heavy (non-hydrogen) atoms. The lowest BCUT2D eigenvalue weighted by atomic mass is 9.98. The number of nitrogens with zero attached hydrogens (tertiary/aromatic N) is 3. The van der Waals surface area contributed by atoms with E-state index < -0.39 is 0 Å². The molecule has 1 aromatic heterocycles. The maximum atomic E-state index is 12.5. The number of piperidine rings is 1. The van der Waals surface area contributed by atoms with Gasteiger partial charge in [-0.25, -0.2) is 4.98 Å². The smallest absolute Gasteiger partial charge is 0.233 e. The van der Waals surface area contributed by atoms with E-state index in [0.717, 1.165) is 12.8 Å². The molecule has 1 saturated heterocycles. The molecular weight excluding hydrogens is 372 g/mol.